The highest BCUT2D eigenvalue weighted by molar-refractivity contribution is 5.97. The number of aliphatic hydroxyl groups excluding tert-OH is 1. The molecule has 0 bridgehead atoms. The number of amides is 1. The topological polar surface area (TPSA) is 53.0 Å². The normalized spacial score (nSPS) is 20.7. The number of methoxy groups -OCH3 is 1. The largest absolute Gasteiger partial charge is 0.496 e. The summed E-state index contributed by atoms with van der Waals surface area (Å²) < 4.78 is 5.27. The highest BCUT2D eigenvalue weighted by Gasteiger charge is 2.32. The number of para-hydroxylation sites is 1. The summed E-state index contributed by atoms with van der Waals surface area (Å²) in [7, 11) is 1.59. The van der Waals surface area contributed by atoms with E-state index in [1.807, 2.05) is 29.2 Å². The Morgan fingerprint density at radius 1 is 1.27 bits per heavy atom. The molecule has 2 fully saturated rings. The predicted molar refractivity (Wildman–Crippen MR) is 84.1 cm³/mol. The van der Waals surface area contributed by atoms with Crippen molar-refractivity contribution >= 4 is 5.91 Å². The van der Waals surface area contributed by atoms with Crippen LogP contribution in [-0.4, -0.2) is 66.8 Å². The van der Waals surface area contributed by atoms with Crippen LogP contribution >= 0.6 is 0 Å². The van der Waals surface area contributed by atoms with Gasteiger partial charge in [-0.15, -0.1) is 0 Å². The fourth-order valence-electron chi connectivity index (χ4n) is 3.02. The van der Waals surface area contributed by atoms with Crippen LogP contribution in [-0.2, 0) is 0 Å². The maximum absolute atomic E-state index is 12.6. The molecule has 1 heterocycles. The fraction of sp³-hybridized carbons (Fsp3) is 0.588. The lowest BCUT2D eigenvalue weighted by molar-refractivity contribution is 0.0486. The van der Waals surface area contributed by atoms with Gasteiger partial charge in [-0.2, -0.15) is 0 Å². The molecule has 5 nitrogen and oxygen atoms in total. The number of piperazine rings is 1. The van der Waals surface area contributed by atoms with Gasteiger partial charge in [0.2, 0.25) is 0 Å². The van der Waals surface area contributed by atoms with Crippen LogP contribution in [0.1, 0.15) is 23.2 Å². The SMILES string of the molecule is COc1ccccc1C(=O)N1CCN(C[C@@H](O)C2CC2)CC1. The molecule has 1 N–H and O–H groups in total. The van der Waals surface area contributed by atoms with E-state index in [4.69, 9.17) is 4.74 Å². The number of hydrogen-bond donors (Lipinski definition) is 1. The number of ether oxygens (including phenoxy) is 1. The lowest BCUT2D eigenvalue weighted by Crippen LogP contribution is -2.50. The third-order valence-electron chi connectivity index (χ3n) is 4.61. The Hall–Kier alpha value is -1.59. The molecule has 2 aliphatic rings. The summed E-state index contributed by atoms with van der Waals surface area (Å²) >= 11 is 0. The van der Waals surface area contributed by atoms with Gasteiger partial charge in [-0.25, -0.2) is 0 Å². The Kier molecular flexibility index (Phi) is 4.64. The van der Waals surface area contributed by atoms with Crippen LogP contribution in [0, 0.1) is 5.92 Å². The molecule has 1 aromatic carbocycles. The summed E-state index contributed by atoms with van der Waals surface area (Å²) in [6.45, 7) is 3.79. The molecule has 120 valence electrons. The summed E-state index contributed by atoms with van der Waals surface area (Å²) in [6.07, 6.45) is 2.12. The lowest BCUT2D eigenvalue weighted by Gasteiger charge is -2.35. The van der Waals surface area contributed by atoms with Crippen LogP contribution < -0.4 is 4.74 Å². The number of nitrogens with zero attached hydrogens (tertiary/aromatic N) is 2. The van der Waals surface area contributed by atoms with E-state index in [0.717, 1.165) is 32.5 Å². The first-order chi connectivity index (χ1) is 10.7. The molecule has 1 saturated heterocycles. The van der Waals surface area contributed by atoms with Gasteiger partial charge in [-0.3, -0.25) is 9.69 Å². The Bertz CT molecular complexity index is 522. The minimum atomic E-state index is -0.198. The Labute approximate surface area is 131 Å². The van der Waals surface area contributed by atoms with Crippen LogP contribution in [0.15, 0.2) is 24.3 Å². The molecule has 3 rings (SSSR count). The predicted octanol–water partition coefficient (Wildman–Crippen LogP) is 1.22. The second-order valence-corrected chi connectivity index (χ2v) is 6.20. The molecule has 1 aliphatic carbocycles. The Morgan fingerprint density at radius 2 is 1.95 bits per heavy atom. The van der Waals surface area contributed by atoms with Gasteiger partial charge in [0.1, 0.15) is 5.75 Å². The molecular weight excluding hydrogens is 280 g/mol. The average Bonchev–Trinajstić information content (AvgIpc) is 3.40. The molecule has 1 aromatic rings. The van der Waals surface area contributed by atoms with Gasteiger partial charge in [0.15, 0.2) is 0 Å². The van der Waals surface area contributed by atoms with Gasteiger partial charge in [0.05, 0.1) is 18.8 Å². The number of carbonyl (C=O) groups is 1. The summed E-state index contributed by atoms with van der Waals surface area (Å²) in [4.78, 5) is 16.7. The van der Waals surface area contributed by atoms with Crippen molar-refractivity contribution < 1.29 is 14.6 Å². The van der Waals surface area contributed by atoms with E-state index >= 15 is 0 Å². The standard InChI is InChI=1S/C17H24N2O3/c1-22-16-5-3-2-4-14(16)17(21)19-10-8-18(9-11-19)12-15(20)13-6-7-13/h2-5,13,15,20H,6-12H2,1H3/t15-/m1/s1. The van der Waals surface area contributed by atoms with Crippen LogP contribution in [0.25, 0.3) is 0 Å². The number of benzene rings is 1. The number of β-amino-alcohol motifs (C(OH)–C–C–N with tert-alkyl or cyclic N) is 1. The zero-order valence-electron chi connectivity index (χ0n) is 13.1. The summed E-state index contributed by atoms with van der Waals surface area (Å²) in [6, 6.07) is 7.35. The Balaban J connectivity index is 1.55. The molecule has 0 spiro atoms. The molecule has 0 radical (unpaired) electrons. The molecule has 1 atom stereocenters. The highest BCUT2D eigenvalue weighted by Crippen LogP contribution is 2.33. The third kappa shape index (κ3) is 3.42. The summed E-state index contributed by atoms with van der Waals surface area (Å²) in [5.74, 6) is 1.16. The summed E-state index contributed by atoms with van der Waals surface area (Å²) in [5, 5.41) is 10.0. The van der Waals surface area contributed by atoms with Gasteiger partial charge in [-0.1, -0.05) is 12.1 Å². The van der Waals surface area contributed by atoms with Gasteiger partial charge in [0.25, 0.3) is 5.91 Å². The zero-order chi connectivity index (χ0) is 15.5. The maximum atomic E-state index is 12.6. The van der Waals surface area contributed by atoms with E-state index < -0.39 is 0 Å². The fourth-order valence-corrected chi connectivity index (χ4v) is 3.02. The van der Waals surface area contributed by atoms with Crippen molar-refractivity contribution in [3.8, 4) is 5.75 Å². The van der Waals surface area contributed by atoms with Crippen LogP contribution in [0.3, 0.4) is 0 Å². The molecule has 1 aliphatic heterocycles. The molecule has 5 heteroatoms. The maximum Gasteiger partial charge on any atom is 0.257 e. The Morgan fingerprint density at radius 3 is 2.59 bits per heavy atom. The molecule has 22 heavy (non-hydrogen) atoms. The molecule has 0 unspecified atom stereocenters. The van der Waals surface area contributed by atoms with Crippen molar-refractivity contribution in [2.75, 3.05) is 39.8 Å². The zero-order valence-corrected chi connectivity index (χ0v) is 13.1. The lowest BCUT2D eigenvalue weighted by atomic mass is 10.1. The average molecular weight is 304 g/mol. The van der Waals surface area contributed by atoms with Crippen LogP contribution in [0.4, 0.5) is 0 Å². The van der Waals surface area contributed by atoms with Crippen molar-refractivity contribution in [1.82, 2.24) is 9.80 Å². The third-order valence-corrected chi connectivity index (χ3v) is 4.61. The van der Waals surface area contributed by atoms with Gasteiger partial charge < -0.3 is 14.7 Å². The minimum absolute atomic E-state index is 0.0276. The smallest absolute Gasteiger partial charge is 0.257 e. The second-order valence-electron chi connectivity index (χ2n) is 6.20. The van der Waals surface area contributed by atoms with E-state index in [1.165, 1.54) is 0 Å². The minimum Gasteiger partial charge on any atom is -0.496 e. The molecular formula is C17H24N2O3. The van der Waals surface area contributed by atoms with Gasteiger partial charge in [0, 0.05) is 32.7 Å². The first-order valence-corrected chi connectivity index (χ1v) is 8.01. The molecule has 0 aromatic heterocycles. The molecule has 1 saturated carbocycles. The van der Waals surface area contributed by atoms with E-state index in [1.54, 1.807) is 7.11 Å². The first kappa shape index (κ1) is 15.3. The number of carbonyl (C=O) groups excluding carboxylic acids is 1. The van der Waals surface area contributed by atoms with E-state index in [0.29, 0.717) is 30.3 Å². The number of hydrogen-bond acceptors (Lipinski definition) is 4. The van der Waals surface area contributed by atoms with E-state index in [-0.39, 0.29) is 12.0 Å². The number of rotatable bonds is 5. The number of aliphatic hydroxyl groups is 1. The van der Waals surface area contributed by atoms with Crippen LogP contribution in [0.5, 0.6) is 5.75 Å². The van der Waals surface area contributed by atoms with Gasteiger partial charge in [-0.05, 0) is 30.9 Å². The van der Waals surface area contributed by atoms with Crippen molar-refractivity contribution in [2.45, 2.75) is 18.9 Å². The summed E-state index contributed by atoms with van der Waals surface area (Å²) in [5.41, 5.74) is 0.622. The van der Waals surface area contributed by atoms with Crippen molar-refractivity contribution in [2.24, 2.45) is 5.92 Å². The van der Waals surface area contributed by atoms with E-state index in [2.05, 4.69) is 4.90 Å². The van der Waals surface area contributed by atoms with Crippen molar-refractivity contribution in [3.05, 3.63) is 29.8 Å². The van der Waals surface area contributed by atoms with Crippen molar-refractivity contribution in [1.29, 1.82) is 0 Å². The monoisotopic (exact) mass is 304 g/mol. The molecule has 1 amide bonds. The second kappa shape index (κ2) is 6.67. The van der Waals surface area contributed by atoms with Crippen molar-refractivity contribution in [3.63, 3.8) is 0 Å². The van der Waals surface area contributed by atoms with Crippen LogP contribution in [0.2, 0.25) is 0 Å². The first-order valence-electron chi connectivity index (χ1n) is 8.01. The van der Waals surface area contributed by atoms with E-state index in [9.17, 15) is 9.90 Å². The highest BCUT2D eigenvalue weighted by atomic mass is 16.5. The quantitative estimate of drug-likeness (QED) is 0.889. The van der Waals surface area contributed by atoms with Gasteiger partial charge >= 0.3 is 0 Å².